The number of rotatable bonds is 5. The van der Waals surface area contributed by atoms with Gasteiger partial charge in [0.1, 0.15) is 0 Å². The van der Waals surface area contributed by atoms with E-state index in [1.165, 1.54) is 42.6 Å². The molecule has 3 heteroatoms. The van der Waals surface area contributed by atoms with E-state index in [-0.39, 0.29) is 0 Å². The monoisotopic (exact) mass is 264 g/mol. The molecular formula is C15H24N2S. The van der Waals surface area contributed by atoms with Crippen molar-refractivity contribution in [1.82, 2.24) is 5.43 Å². The van der Waals surface area contributed by atoms with Gasteiger partial charge in [0.05, 0.1) is 6.04 Å². The van der Waals surface area contributed by atoms with Gasteiger partial charge in [-0.2, -0.15) is 11.8 Å². The molecule has 0 aliphatic carbocycles. The van der Waals surface area contributed by atoms with Gasteiger partial charge in [0, 0.05) is 5.25 Å². The Labute approximate surface area is 115 Å². The van der Waals surface area contributed by atoms with Gasteiger partial charge < -0.3 is 0 Å². The molecule has 2 unspecified atom stereocenters. The average Bonchev–Trinajstić information content (AvgIpc) is 2.42. The molecule has 0 spiro atoms. The minimum Gasteiger partial charge on any atom is -0.271 e. The number of thioether (sulfide) groups is 1. The summed E-state index contributed by atoms with van der Waals surface area (Å²) in [7, 11) is 0. The van der Waals surface area contributed by atoms with Crippen LogP contribution in [0.1, 0.15) is 49.8 Å². The summed E-state index contributed by atoms with van der Waals surface area (Å²) < 4.78 is 0. The van der Waals surface area contributed by atoms with Crippen molar-refractivity contribution < 1.29 is 0 Å². The van der Waals surface area contributed by atoms with Gasteiger partial charge in [-0.1, -0.05) is 44.0 Å². The smallest absolute Gasteiger partial charge is 0.0578 e. The van der Waals surface area contributed by atoms with Crippen LogP contribution in [0.5, 0.6) is 0 Å². The summed E-state index contributed by atoms with van der Waals surface area (Å²) in [5, 5.41) is 0.626. The molecule has 0 amide bonds. The molecule has 1 aromatic carbocycles. The second kappa shape index (κ2) is 7.17. The van der Waals surface area contributed by atoms with E-state index in [1.807, 2.05) is 0 Å². The molecule has 1 fully saturated rings. The summed E-state index contributed by atoms with van der Waals surface area (Å²) in [6.45, 7) is 2.22. The molecule has 1 aromatic rings. The topological polar surface area (TPSA) is 38.0 Å². The first-order chi connectivity index (χ1) is 8.85. The standard InChI is InChI=1S/C15H24N2S/c1-2-6-12-7-5-8-13(11-12)15(17-16)14-9-3-4-10-18-14/h5,7-8,11,14-15,17H,2-4,6,9-10,16H2,1H3. The summed E-state index contributed by atoms with van der Waals surface area (Å²) in [5.74, 6) is 7.07. The average molecular weight is 264 g/mol. The summed E-state index contributed by atoms with van der Waals surface area (Å²) in [4.78, 5) is 0. The molecule has 1 heterocycles. The van der Waals surface area contributed by atoms with Crippen molar-refractivity contribution in [2.75, 3.05) is 5.75 Å². The van der Waals surface area contributed by atoms with Crippen molar-refractivity contribution in [2.24, 2.45) is 5.84 Å². The Balaban J connectivity index is 2.12. The predicted molar refractivity (Wildman–Crippen MR) is 80.6 cm³/mol. The fourth-order valence-corrected chi connectivity index (χ4v) is 4.11. The van der Waals surface area contributed by atoms with Gasteiger partial charge in [-0.25, -0.2) is 0 Å². The van der Waals surface area contributed by atoms with Gasteiger partial charge in [-0.05, 0) is 36.1 Å². The van der Waals surface area contributed by atoms with Gasteiger partial charge >= 0.3 is 0 Å². The largest absolute Gasteiger partial charge is 0.271 e. The number of aryl methyl sites for hydroxylation is 1. The van der Waals surface area contributed by atoms with Gasteiger partial charge in [-0.3, -0.25) is 11.3 Å². The first-order valence-electron chi connectivity index (χ1n) is 7.01. The minimum atomic E-state index is 0.298. The van der Waals surface area contributed by atoms with Crippen molar-refractivity contribution in [3.05, 3.63) is 35.4 Å². The molecule has 1 saturated heterocycles. The minimum absolute atomic E-state index is 0.298. The first kappa shape index (κ1) is 13.9. The number of hydrogen-bond acceptors (Lipinski definition) is 3. The lowest BCUT2D eigenvalue weighted by Gasteiger charge is -2.29. The number of nitrogens with one attached hydrogen (secondary N) is 1. The maximum absolute atomic E-state index is 5.80. The molecule has 2 rings (SSSR count). The van der Waals surface area contributed by atoms with Gasteiger partial charge in [0.15, 0.2) is 0 Å². The van der Waals surface area contributed by atoms with Crippen molar-refractivity contribution in [3.8, 4) is 0 Å². The van der Waals surface area contributed by atoms with E-state index < -0.39 is 0 Å². The highest BCUT2D eigenvalue weighted by atomic mass is 32.2. The number of hydrogen-bond donors (Lipinski definition) is 2. The Morgan fingerprint density at radius 3 is 3.00 bits per heavy atom. The van der Waals surface area contributed by atoms with E-state index in [4.69, 9.17) is 5.84 Å². The molecule has 0 bridgehead atoms. The first-order valence-corrected chi connectivity index (χ1v) is 8.06. The van der Waals surface area contributed by atoms with E-state index in [2.05, 4.69) is 48.4 Å². The lowest BCUT2D eigenvalue weighted by Crippen LogP contribution is -2.36. The predicted octanol–water partition coefficient (Wildman–Crippen LogP) is 3.43. The van der Waals surface area contributed by atoms with E-state index >= 15 is 0 Å². The van der Waals surface area contributed by atoms with Crippen molar-refractivity contribution in [2.45, 2.75) is 50.3 Å². The lowest BCUT2D eigenvalue weighted by molar-refractivity contribution is 0.491. The Bertz CT molecular complexity index is 361. The molecule has 1 aliphatic heterocycles. The third-order valence-corrected chi connectivity index (χ3v) is 5.08. The highest BCUT2D eigenvalue weighted by Crippen LogP contribution is 2.34. The van der Waals surface area contributed by atoms with Crippen molar-refractivity contribution in [1.29, 1.82) is 0 Å². The molecule has 0 aromatic heterocycles. The Morgan fingerprint density at radius 1 is 1.44 bits per heavy atom. The Kier molecular flexibility index (Phi) is 5.54. The molecule has 18 heavy (non-hydrogen) atoms. The summed E-state index contributed by atoms with van der Waals surface area (Å²) in [5.41, 5.74) is 5.81. The maximum atomic E-state index is 5.80. The van der Waals surface area contributed by atoms with Crippen molar-refractivity contribution in [3.63, 3.8) is 0 Å². The quantitative estimate of drug-likeness (QED) is 0.632. The molecular weight excluding hydrogens is 240 g/mol. The van der Waals surface area contributed by atoms with Gasteiger partial charge in [0.2, 0.25) is 0 Å². The van der Waals surface area contributed by atoms with Crippen molar-refractivity contribution >= 4 is 11.8 Å². The lowest BCUT2D eigenvalue weighted by atomic mass is 9.97. The van der Waals surface area contributed by atoms with E-state index in [0.29, 0.717) is 11.3 Å². The Hall–Kier alpha value is -0.510. The van der Waals surface area contributed by atoms with E-state index in [1.54, 1.807) is 0 Å². The molecule has 0 saturated carbocycles. The van der Waals surface area contributed by atoms with Gasteiger partial charge in [-0.15, -0.1) is 0 Å². The van der Waals surface area contributed by atoms with E-state index in [9.17, 15) is 0 Å². The summed E-state index contributed by atoms with van der Waals surface area (Å²) in [6, 6.07) is 9.21. The number of benzene rings is 1. The summed E-state index contributed by atoms with van der Waals surface area (Å²) in [6.07, 6.45) is 6.32. The number of nitrogens with two attached hydrogens (primary N) is 1. The maximum Gasteiger partial charge on any atom is 0.0578 e. The van der Waals surface area contributed by atoms with Crippen LogP contribution in [0.3, 0.4) is 0 Å². The zero-order valence-electron chi connectivity index (χ0n) is 11.2. The normalized spacial score (nSPS) is 21.8. The fraction of sp³-hybridized carbons (Fsp3) is 0.600. The second-order valence-corrected chi connectivity index (χ2v) is 6.39. The molecule has 0 radical (unpaired) electrons. The number of hydrazine groups is 1. The van der Waals surface area contributed by atoms with Gasteiger partial charge in [0.25, 0.3) is 0 Å². The zero-order valence-corrected chi connectivity index (χ0v) is 12.0. The fourth-order valence-electron chi connectivity index (χ4n) is 2.68. The highest BCUT2D eigenvalue weighted by molar-refractivity contribution is 8.00. The molecule has 2 atom stereocenters. The third kappa shape index (κ3) is 3.50. The van der Waals surface area contributed by atoms with Crippen LogP contribution in [0, 0.1) is 0 Å². The molecule has 1 aliphatic rings. The summed E-state index contributed by atoms with van der Waals surface area (Å²) >= 11 is 2.07. The van der Waals surface area contributed by atoms with Crippen LogP contribution in [0.25, 0.3) is 0 Å². The third-order valence-electron chi connectivity index (χ3n) is 3.62. The Morgan fingerprint density at radius 2 is 2.33 bits per heavy atom. The SMILES string of the molecule is CCCc1cccc(C(NN)C2CCCCS2)c1. The highest BCUT2D eigenvalue weighted by Gasteiger charge is 2.24. The van der Waals surface area contributed by atoms with Crippen LogP contribution < -0.4 is 11.3 Å². The molecule has 2 nitrogen and oxygen atoms in total. The van der Waals surface area contributed by atoms with E-state index in [0.717, 1.165) is 6.42 Å². The molecule has 3 N–H and O–H groups in total. The van der Waals surface area contributed by atoms with Crippen LogP contribution in [0.4, 0.5) is 0 Å². The van der Waals surface area contributed by atoms with Crippen LogP contribution >= 0.6 is 11.8 Å². The zero-order chi connectivity index (χ0) is 12.8. The second-order valence-electron chi connectivity index (χ2n) is 5.04. The van der Waals surface area contributed by atoms with Crippen LogP contribution in [0.2, 0.25) is 0 Å². The molecule has 100 valence electrons. The van der Waals surface area contributed by atoms with Crippen LogP contribution in [-0.4, -0.2) is 11.0 Å². The van der Waals surface area contributed by atoms with Crippen LogP contribution in [-0.2, 0) is 6.42 Å². The van der Waals surface area contributed by atoms with Crippen LogP contribution in [0.15, 0.2) is 24.3 Å².